The van der Waals surface area contributed by atoms with Crippen molar-refractivity contribution in [2.24, 2.45) is 10.8 Å². The van der Waals surface area contributed by atoms with E-state index in [4.69, 9.17) is 0 Å². The molecule has 0 aromatic carbocycles. The molecule has 0 atom stereocenters. The molecule has 0 unspecified atom stereocenters. The average molecular weight is 168 g/mol. The van der Waals surface area contributed by atoms with Gasteiger partial charge in [0.25, 0.3) is 0 Å². The van der Waals surface area contributed by atoms with Crippen molar-refractivity contribution in [2.75, 3.05) is 0 Å². The number of hydrogen-bond donors (Lipinski definition) is 0. The van der Waals surface area contributed by atoms with E-state index in [1.807, 2.05) is 27.7 Å². The van der Waals surface area contributed by atoms with Gasteiger partial charge in [0.2, 0.25) is 11.6 Å². The van der Waals surface area contributed by atoms with Gasteiger partial charge in [-0.15, -0.1) is 0 Å². The minimum absolute atomic E-state index is 0.196. The van der Waals surface area contributed by atoms with Crippen molar-refractivity contribution in [2.45, 2.75) is 40.5 Å². The van der Waals surface area contributed by atoms with Crippen molar-refractivity contribution >= 4 is 11.6 Å². The summed E-state index contributed by atoms with van der Waals surface area (Å²) in [5.41, 5.74) is -0.848. The molecule has 0 radical (unpaired) electrons. The highest BCUT2D eigenvalue weighted by Gasteiger charge is 2.45. The van der Waals surface area contributed by atoms with Gasteiger partial charge in [0.1, 0.15) is 0 Å². The van der Waals surface area contributed by atoms with Gasteiger partial charge in [0, 0.05) is 10.8 Å². The zero-order chi connectivity index (χ0) is 9.57. The molecule has 2 nitrogen and oxygen atoms in total. The van der Waals surface area contributed by atoms with Crippen LogP contribution in [0.3, 0.4) is 0 Å². The van der Waals surface area contributed by atoms with Crippen molar-refractivity contribution in [3.8, 4) is 0 Å². The average Bonchev–Trinajstić information content (AvgIpc) is 1.96. The normalized spacial score (nSPS) is 27.3. The van der Waals surface area contributed by atoms with E-state index < -0.39 is 10.8 Å². The highest BCUT2D eigenvalue weighted by atomic mass is 16.2. The van der Waals surface area contributed by atoms with Crippen molar-refractivity contribution in [3.63, 3.8) is 0 Å². The molecule has 0 aromatic rings. The highest BCUT2D eigenvalue weighted by Crippen LogP contribution is 2.39. The lowest BCUT2D eigenvalue weighted by Crippen LogP contribution is -2.45. The van der Waals surface area contributed by atoms with Crippen LogP contribution in [0.5, 0.6) is 0 Å². The molecular weight excluding hydrogens is 152 g/mol. The van der Waals surface area contributed by atoms with Gasteiger partial charge in [0.15, 0.2) is 0 Å². The van der Waals surface area contributed by atoms with E-state index in [9.17, 15) is 9.59 Å². The van der Waals surface area contributed by atoms with E-state index in [0.29, 0.717) is 0 Å². The second-order valence-electron chi connectivity index (χ2n) is 4.93. The largest absolute Gasteiger partial charge is 0.290 e. The van der Waals surface area contributed by atoms with Crippen molar-refractivity contribution in [3.05, 3.63) is 0 Å². The molecule has 0 spiro atoms. The topological polar surface area (TPSA) is 34.1 Å². The first-order valence-corrected chi connectivity index (χ1v) is 4.37. The van der Waals surface area contributed by atoms with Crippen LogP contribution >= 0.6 is 0 Å². The zero-order valence-electron chi connectivity index (χ0n) is 8.23. The Morgan fingerprint density at radius 3 is 1.33 bits per heavy atom. The lowest BCUT2D eigenvalue weighted by molar-refractivity contribution is -0.150. The van der Waals surface area contributed by atoms with Gasteiger partial charge in [-0.1, -0.05) is 27.7 Å². The molecule has 1 saturated carbocycles. The molecule has 12 heavy (non-hydrogen) atoms. The predicted octanol–water partition coefficient (Wildman–Crippen LogP) is 1.97. The molecule has 1 aliphatic carbocycles. The summed E-state index contributed by atoms with van der Waals surface area (Å²) in [6.45, 7) is 7.40. The van der Waals surface area contributed by atoms with Gasteiger partial charge >= 0.3 is 0 Å². The van der Waals surface area contributed by atoms with Crippen LogP contribution < -0.4 is 0 Å². The molecule has 1 fully saturated rings. The van der Waals surface area contributed by atoms with Gasteiger partial charge in [-0.3, -0.25) is 9.59 Å². The first-order valence-electron chi connectivity index (χ1n) is 4.37. The van der Waals surface area contributed by atoms with E-state index in [-0.39, 0.29) is 11.6 Å². The van der Waals surface area contributed by atoms with Crippen LogP contribution in [0.2, 0.25) is 0 Å². The summed E-state index contributed by atoms with van der Waals surface area (Å²) in [6, 6.07) is 0. The molecular formula is C10H16O2. The number of hydrogen-bond acceptors (Lipinski definition) is 2. The van der Waals surface area contributed by atoms with E-state index >= 15 is 0 Å². The molecule has 2 heteroatoms. The third kappa shape index (κ3) is 1.30. The first-order chi connectivity index (χ1) is 5.27. The fourth-order valence-electron chi connectivity index (χ4n) is 1.47. The number of Topliss-reactive ketones (excluding diaryl/α,β-unsaturated/α-hetero) is 2. The van der Waals surface area contributed by atoms with Crippen LogP contribution in [0.4, 0.5) is 0 Å². The van der Waals surface area contributed by atoms with Crippen LogP contribution in [0, 0.1) is 10.8 Å². The maximum atomic E-state index is 11.5. The Morgan fingerprint density at radius 2 is 1.08 bits per heavy atom. The Balaban J connectivity index is 2.96. The Morgan fingerprint density at radius 1 is 0.833 bits per heavy atom. The lowest BCUT2D eigenvalue weighted by atomic mass is 9.65. The highest BCUT2D eigenvalue weighted by molar-refractivity contribution is 6.41. The van der Waals surface area contributed by atoms with E-state index in [2.05, 4.69) is 0 Å². The van der Waals surface area contributed by atoms with Crippen molar-refractivity contribution < 1.29 is 9.59 Å². The maximum Gasteiger partial charge on any atom is 0.204 e. The lowest BCUT2D eigenvalue weighted by Gasteiger charge is -2.35. The van der Waals surface area contributed by atoms with Crippen LogP contribution in [0.25, 0.3) is 0 Å². The van der Waals surface area contributed by atoms with E-state index in [1.165, 1.54) is 0 Å². The quantitative estimate of drug-likeness (QED) is 0.518. The summed E-state index contributed by atoms with van der Waals surface area (Å²) in [5.74, 6) is -0.391. The summed E-state index contributed by atoms with van der Waals surface area (Å²) in [4.78, 5) is 23.0. The first kappa shape index (κ1) is 9.43. The van der Waals surface area contributed by atoms with E-state index in [0.717, 1.165) is 12.8 Å². The second kappa shape index (κ2) is 2.41. The Labute approximate surface area is 73.3 Å². The number of carbonyl (C=O) groups is 2. The van der Waals surface area contributed by atoms with Crippen LogP contribution in [0.1, 0.15) is 40.5 Å². The maximum absolute atomic E-state index is 11.5. The summed E-state index contributed by atoms with van der Waals surface area (Å²) in [6.07, 6.45) is 1.65. The fourth-order valence-corrected chi connectivity index (χ4v) is 1.47. The van der Waals surface area contributed by atoms with Gasteiger partial charge < -0.3 is 0 Å². The molecule has 0 heterocycles. The molecule has 0 saturated heterocycles. The number of carbonyl (C=O) groups excluding carboxylic acids is 2. The standard InChI is InChI=1S/C10H16O2/c1-9(2)5-6-10(3,4)8(12)7(9)11/h5-6H2,1-4H3. The van der Waals surface area contributed by atoms with Crippen molar-refractivity contribution in [1.82, 2.24) is 0 Å². The minimum atomic E-state index is -0.424. The SMILES string of the molecule is CC1(C)CCC(C)(C)C(=O)C1=O. The third-order valence-electron chi connectivity index (χ3n) is 2.81. The predicted molar refractivity (Wildman–Crippen MR) is 46.8 cm³/mol. The third-order valence-corrected chi connectivity index (χ3v) is 2.81. The van der Waals surface area contributed by atoms with Gasteiger partial charge in [-0.25, -0.2) is 0 Å². The molecule has 1 aliphatic rings. The van der Waals surface area contributed by atoms with Gasteiger partial charge in [-0.05, 0) is 12.8 Å². The molecule has 0 aliphatic heterocycles. The fraction of sp³-hybridized carbons (Fsp3) is 0.800. The summed E-state index contributed by atoms with van der Waals surface area (Å²) >= 11 is 0. The molecule has 68 valence electrons. The summed E-state index contributed by atoms with van der Waals surface area (Å²) in [7, 11) is 0. The molecule has 0 N–H and O–H groups in total. The van der Waals surface area contributed by atoms with Crippen LogP contribution in [0.15, 0.2) is 0 Å². The zero-order valence-corrected chi connectivity index (χ0v) is 8.23. The molecule has 0 bridgehead atoms. The molecule has 0 amide bonds. The van der Waals surface area contributed by atoms with Crippen LogP contribution in [-0.2, 0) is 9.59 Å². The smallest absolute Gasteiger partial charge is 0.204 e. The van der Waals surface area contributed by atoms with Gasteiger partial charge in [0.05, 0.1) is 0 Å². The molecule has 1 rings (SSSR count). The summed E-state index contributed by atoms with van der Waals surface area (Å²) in [5, 5.41) is 0. The Bertz CT molecular complexity index is 210. The number of rotatable bonds is 0. The Kier molecular flexibility index (Phi) is 1.89. The van der Waals surface area contributed by atoms with Gasteiger partial charge in [-0.2, -0.15) is 0 Å². The second-order valence-corrected chi connectivity index (χ2v) is 4.93. The monoisotopic (exact) mass is 168 g/mol. The van der Waals surface area contributed by atoms with Crippen molar-refractivity contribution in [1.29, 1.82) is 0 Å². The minimum Gasteiger partial charge on any atom is -0.290 e. The Hall–Kier alpha value is -0.660. The number of ketones is 2. The summed E-state index contributed by atoms with van der Waals surface area (Å²) < 4.78 is 0. The molecule has 0 aromatic heterocycles. The van der Waals surface area contributed by atoms with Crippen LogP contribution in [-0.4, -0.2) is 11.6 Å². The van der Waals surface area contributed by atoms with E-state index in [1.54, 1.807) is 0 Å².